The summed E-state index contributed by atoms with van der Waals surface area (Å²) in [6.45, 7) is 4.33. The number of halogens is 3. The Labute approximate surface area is 139 Å². The molecule has 1 unspecified atom stereocenters. The van der Waals surface area contributed by atoms with Gasteiger partial charge in [-0.05, 0) is 18.2 Å². The zero-order chi connectivity index (χ0) is 17.6. The highest BCUT2D eigenvalue weighted by Gasteiger charge is 2.30. The molecule has 5 nitrogen and oxygen atoms in total. The third-order valence-electron chi connectivity index (χ3n) is 3.95. The van der Waals surface area contributed by atoms with Crippen LogP contribution in [0.2, 0.25) is 0 Å². The van der Waals surface area contributed by atoms with Gasteiger partial charge in [0.25, 0.3) is 0 Å². The van der Waals surface area contributed by atoms with Crippen LogP contribution in [0.4, 0.5) is 13.2 Å². The first kappa shape index (κ1) is 19.0. The van der Waals surface area contributed by atoms with Gasteiger partial charge in [0.2, 0.25) is 0 Å². The molecule has 1 fully saturated rings. The van der Waals surface area contributed by atoms with Crippen molar-refractivity contribution in [2.24, 2.45) is 0 Å². The number of alkyl halides is 3. The molecule has 0 radical (unpaired) electrons. The van der Waals surface area contributed by atoms with Crippen molar-refractivity contribution >= 4 is 0 Å². The number of piperazine rings is 1. The van der Waals surface area contributed by atoms with Crippen molar-refractivity contribution in [2.75, 3.05) is 52.5 Å². The summed E-state index contributed by atoms with van der Waals surface area (Å²) in [5, 5.41) is 18.9. The molecule has 8 heteroatoms. The van der Waals surface area contributed by atoms with Gasteiger partial charge in [-0.25, -0.2) is 0 Å². The number of aliphatic hydroxyl groups is 2. The van der Waals surface area contributed by atoms with E-state index in [4.69, 9.17) is 9.84 Å². The molecule has 1 heterocycles. The van der Waals surface area contributed by atoms with E-state index in [0.29, 0.717) is 13.1 Å². The van der Waals surface area contributed by atoms with Crippen molar-refractivity contribution in [2.45, 2.75) is 12.3 Å². The van der Waals surface area contributed by atoms with E-state index in [1.165, 1.54) is 12.1 Å². The van der Waals surface area contributed by atoms with Crippen LogP contribution < -0.4 is 4.74 Å². The highest BCUT2D eigenvalue weighted by atomic mass is 19.4. The minimum Gasteiger partial charge on any atom is -0.491 e. The number of hydrogen-bond donors (Lipinski definition) is 2. The maximum absolute atomic E-state index is 12.6. The van der Waals surface area contributed by atoms with Crippen LogP contribution in [-0.2, 0) is 6.18 Å². The third kappa shape index (κ3) is 5.94. The Hall–Kier alpha value is -1.35. The van der Waals surface area contributed by atoms with Gasteiger partial charge in [-0.15, -0.1) is 0 Å². The van der Waals surface area contributed by atoms with Gasteiger partial charge >= 0.3 is 6.18 Å². The van der Waals surface area contributed by atoms with Crippen LogP contribution in [0.3, 0.4) is 0 Å². The quantitative estimate of drug-likeness (QED) is 0.772. The molecule has 2 N–H and O–H groups in total. The molecule has 0 aliphatic carbocycles. The van der Waals surface area contributed by atoms with E-state index in [1.54, 1.807) is 0 Å². The van der Waals surface area contributed by atoms with Crippen LogP contribution in [0, 0.1) is 0 Å². The summed E-state index contributed by atoms with van der Waals surface area (Å²) < 4.78 is 43.2. The lowest BCUT2D eigenvalue weighted by Crippen LogP contribution is -2.49. The second kappa shape index (κ2) is 8.66. The van der Waals surface area contributed by atoms with E-state index in [-0.39, 0.29) is 19.0 Å². The Morgan fingerprint density at radius 3 is 2.42 bits per heavy atom. The molecule has 0 amide bonds. The van der Waals surface area contributed by atoms with E-state index in [0.717, 1.165) is 38.3 Å². The third-order valence-corrected chi connectivity index (χ3v) is 3.95. The van der Waals surface area contributed by atoms with E-state index < -0.39 is 17.8 Å². The zero-order valence-electron chi connectivity index (χ0n) is 13.4. The minimum absolute atomic E-state index is 0.0574. The second-order valence-electron chi connectivity index (χ2n) is 5.86. The van der Waals surface area contributed by atoms with Crippen LogP contribution >= 0.6 is 0 Å². The monoisotopic (exact) mass is 348 g/mol. The lowest BCUT2D eigenvalue weighted by atomic mass is 10.2. The number of hydrogen-bond acceptors (Lipinski definition) is 5. The normalized spacial score (nSPS) is 18.5. The number of β-amino-alcohol motifs (C(OH)–C–C–N with tert-alkyl or cyclic N) is 2. The number of benzene rings is 1. The molecule has 136 valence electrons. The minimum atomic E-state index is -4.41. The van der Waals surface area contributed by atoms with E-state index >= 15 is 0 Å². The first-order valence-electron chi connectivity index (χ1n) is 7.92. The maximum Gasteiger partial charge on any atom is 0.416 e. The lowest BCUT2D eigenvalue weighted by Gasteiger charge is -2.35. The SMILES string of the molecule is OCCN1CCN(CC(O)COc2cccc(C(F)(F)F)c2)CC1. The second-order valence-corrected chi connectivity index (χ2v) is 5.86. The Morgan fingerprint density at radius 2 is 1.79 bits per heavy atom. The molecule has 0 saturated carbocycles. The van der Waals surface area contributed by atoms with E-state index in [9.17, 15) is 18.3 Å². The van der Waals surface area contributed by atoms with Gasteiger partial charge in [0, 0.05) is 39.3 Å². The summed E-state index contributed by atoms with van der Waals surface area (Å²) in [6, 6.07) is 4.63. The smallest absolute Gasteiger partial charge is 0.416 e. The van der Waals surface area contributed by atoms with Crippen LogP contribution in [-0.4, -0.2) is 78.6 Å². The highest BCUT2D eigenvalue weighted by molar-refractivity contribution is 5.30. The number of aliphatic hydroxyl groups excluding tert-OH is 2. The molecule has 1 atom stereocenters. The van der Waals surface area contributed by atoms with Crippen molar-refractivity contribution in [3.63, 3.8) is 0 Å². The molecular weight excluding hydrogens is 325 g/mol. The van der Waals surface area contributed by atoms with Crippen molar-refractivity contribution < 1.29 is 28.1 Å². The topological polar surface area (TPSA) is 56.2 Å². The maximum atomic E-state index is 12.6. The fourth-order valence-corrected chi connectivity index (χ4v) is 2.64. The molecule has 1 saturated heterocycles. The summed E-state index contributed by atoms with van der Waals surface area (Å²) in [5.74, 6) is 0.0941. The van der Waals surface area contributed by atoms with Crippen molar-refractivity contribution in [1.29, 1.82) is 0 Å². The molecule has 0 aromatic heterocycles. The Balaban J connectivity index is 1.75. The lowest BCUT2D eigenvalue weighted by molar-refractivity contribution is -0.137. The van der Waals surface area contributed by atoms with Crippen molar-refractivity contribution in [3.8, 4) is 5.75 Å². The Bertz CT molecular complexity index is 506. The zero-order valence-corrected chi connectivity index (χ0v) is 13.4. The Kier molecular flexibility index (Phi) is 6.85. The van der Waals surface area contributed by atoms with Gasteiger partial charge in [0.1, 0.15) is 18.5 Å². The van der Waals surface area contributed by atoms with Gasteiger partial charge < -0.3 is 14.9 Å². The van der Waals surface area contributed by atoms with Crippen LogP contribution in [0.1, 0.15) is 5.56 Å². The Morgan fingerprint density at radius 1 is 1.12 bits per heavy atom. The molecule has 24 heavy (non-hydrogen) atoms. The molecule has 1 aromatic carbocycles. The number of rotatable bonds is 7. The van der Waals surface area contributed by atoms with Gasteiger partial charge in [0.15, 0.2) is 0 Å². The van der Waals surface area contributed by atoms with E-state index in [2.05, 4.69) is 9.80 Å². The first-order valence-corrected chi connectivity index (χ1v) is 7.92. The van der Waals surface area contributed by atoms with Crippen molar-refractivity contribution in [1.82, 2.24) is 9.80 Å². The van der Waals surface area contributed by atoms with Gasteiger partial charge in [0.05, 0.1) is 12.2 Å². The highest BCUT2D eigenvalue weighted by Crippen LogP contribution is 2.31. The average molecular weight is 348 g/mol. The fraction of sp³-hybridized carbons (Fsp3) is 0.625. The number of nitrogens with zero attached hydrogens (tertiary/aromatic N) is 2. The molecule has 0 bridgehead atoms. The first-order chi connectivity index (χ1) is 11.4. The van der Waals surface area contributed by atoms with Gasteiger partial charge in [-0.3, -0.25) is 9.80 Å². The molecular formula is C16H23F3N2O3. The van der Waals surface area contributed by atoms with Crippen LogP contribution in [0.5, 0.6) is 5.75 Å². The van der Waals surface area contributed by atoms with E-state index in [1.807, 2.05) is 0 Å². The van der Waals surface area contributed by atoms with Crippen molar-refractivity contribution in [3.05, 3.63) is 29.8 Å². The summed E-state index contributed by atoms with van der Waals surface area (Å²) in [5.41, 5.74) is -0.769. The predicted octanol–water partition coefficient (Wildman–Crippen LogP) is 1.05. The fourth-order valence-electron chi connectivity index (χ4n) is 2.64. The summed E-state index contributed by atoms with van der Waals surface area (Å²) >= 11 is 0. The summed E-state index contributed by atoms with van der Waals surface area (Å²) in [4.78, 5) is 4.22. The molecule has 1 aliphatic rings. The van der Waals surface area contributed by atoms with Gasteiger partial charge in [-0.1, -0.05) is 6.07 Å². The summed E-state index contributed by atoms with van der Waals surface area (Å²) in [7, 11) is 0. The van der Waals surface area contributed by atoms with Crippen LogP contribution in [0.15, 0.2) is 24.3 Å². The molecule has 2 rings (SSSR count). The molecule has 1 aliphatic heterocycles. The van der Waals surface area contributed by atoms with Gasteiger partial charge in [-0.2, -0.15) is 13.2 Å². The standard InChI is InChI=1S/C16H23F3N2O3/c17-16(18,19)13-2-1-3-15(10-13)24-12-14(23)11-21-6-4-20(5-7-21)8-9-22/h1-3,10,14,22-23H,4-9,11-12H2. The molecule has 1 aromatic rings. The predicted molar refractivity (Wildman–Crippen MR) is 82.9 cm³/mol. The van der Waals surface area contributed by atoms with Crippen LogP contribution in [0.25, 0.3) is 0 Å². The average Bonchev–Trinajstić information content (AvgIpc) is 2.55. The molecule has 0 spiro atoms. The largest absolute Gasteiger partial charge is 0.491 e. The number of ether oxygens (including phenoxy) is 1. The summed E-state index contributed by atoms with van der Waals surface area (Å²) in [6.07, 6.45) is -5.18.